The lowest BCUT2D eigenvalue weighted by molar-refractivity contribution is 0.237. The van der Waals surface area contributed by atoms with Crippen LogP contribution in [-0.2, 0) is 10.0 Å². The SMILES string of the molecule is C=CC(C=C)c1nc(-c2ccc(F)c(NS(=O)(=O)c3cc(F)ccc3F)c2)c(-c2ccnc(NCCN3CCCCC3)n2)s1. The Morgan fingerprint density at radius 3 is 2.48 bits per heavy atom. The maximum atomic E-state index is 14.9. The van der Waals surface area contributed by atoms with Gasteiger partial charge in [0.15, 0.2) is 0 Å². The average molecular weight is 641 g/mol. The zero-order valence-corrected chi connectivity index (χ0v) is 25.4. The number of rotatable bonds is 12. The highest BCUT2D eigenvalue weighted by Crippen LogP contribution is 2.40. The molecule has 8 nitrogen and oxygen atoms in total. The standard InChI is InChI=1S/C31H31F3N6O2S2/c1-3-20(4-2)30-38-28(29(43-30)25-12-13-35-31(37-25)36-14-17-40-15-6-5-7-16-40)21-8-10-23(33)26(18-21)39-44(41,42)27-19-22(32)9-11-24(27)34/h3-4,8-13,18-20,39H,1-2,5-7,14-17H2,(H,35,36,37). The van der Waals surface area contributed by atoms with E-state index in [1.165, 1.54) is 42.7 Å². The van der Waals surface area contributed by atoms with E-state index in [0.717, 1.165) is 31.8 Å². The molecule has 2 aromatic heterocycles. The first kappa shape index (κ1) is 31.4. The molecule has 230 valence electrons. The van der Waals surface area contributed by atoms with Gasteiger partial charge in [-0.25, -0.2) is 36.5 Å². The molecule has 0 amide bonds. The fourth-order valence-electron chi connectivity index (χ4n) is 4.86. The van der Waals surface area contributed by atoms with Crippen molar-refractivity contribution in [2.24, 2.45) is 0 Å². The van der Waals surface area contributed by atoms with E-state index in [1.807, 2.05) is 4.72 Å². The summed E-state index contributed by atoms with van der Waals surface area (Å²) in [7, 11) is -4.67. The van der Waals surface area contributed by atoms with Gasteiger partial charge >= 0.3 is 0 Å². The molecule has 0 atom stereocenters. The van der Waals surface area contributed by atoms with Crippen molar-refractivity contribution in [3.05, 3.63) is 96.4 Å². The van der Waals surface area contributed by atoms with Crippen LogP contribution >= 0.6 is 11.3 Å². The van der Waals surface area contributed by atoms with Crippen LogP contribution in [0.15, 0.2) is 78.9 Å². The molecule has 4 aromatic rings. The molecular formula is C31H31F3N6O2S2. The summed E-state index contributed by atoms with van der Waals surface area (Å²) in [4.78, 5) is 15.9. The normalized spacial score (nSPS) is 14.0. The zero-order chi connectivity index (χ0) is 31.3. The van der Waals surface area contributed by atoms with Crippen LogP contribution in [-0.4, -0.2) is 54.4 Å². The van der Waals surface area contributed by atoms with E-state index < -0.39 is 38.1 Å². The van der Waals surface area contributed by atoms with E-state index in [9.17, 15) is 21.6 Å². The van der Waals surface area contributed by atoms with Gasteiger partial charge in [0, 0.05) is 30.8 Å². The number of likely N-dealkylation sites (tertiary alicyclic amines) is 1. The van der Waals surface area contributed by atoms with Gasteiger partial charge in [-0.2, -0.15) is 0 Å². The molecule has 2 aromatic carbocycles. The van der Waals surface area contributed by atoms with Gasteiger partial charge in [0.25, 0.3) is 10.0 Å². The van der Waals surface area contributed by atoms with E-state index in [0.29, 0.717) is 51.5 Å². The Morgan fingerprint density at radius 1 is 0.977 bits per heavy atom. The molecule has 2 N–H and O–H groups in total. The first-order valence-corrected chi connectivity index (χ1v) is 16.3. The summed E-state index contributed by atoms with van der Waals surface area (Å²) in [5, 5.41) is 3.93. The lowest BCUT2D eigenvalue weighted by Gasteiger charge is -2.26. The summed E-state index contributed by atoms with van der Waals surface area (Å²) in [6.07, 6.45) is 8.67. The van der Waals surface area contributed by atoms with Gasteiger partial charge in [0.05, 0.1) is 22.0 Å². The van der Waals surface area contributed by atoms with Gasteiger partial charge in [-0.3, -0.25) is 4.72 Å². The van der Waals surface area contributed by atoms with Crippen molar-refractivity contribution in [1.82, 2.24) is 19.9 Å². The van der Waals surface area contributed by atoms with Crippen LogP contribution in [0.25, 0.3) is 21.8 Å². The van der Waals surface area contributed by atoms with Crippen molar-refractivity contribution in [2.75, 3.05) is 36.2 Å². The van der Waals surface area contributed by atoms with Crippen LogP contribution in [0, 0.1) is 17.5 Å². The Bertz CT molecular complexity index is 1770. The molecule has 0 bridgehead atoms. The Balaban J connectivity index is 1.48. The number of hydrogen-bond acceptors (Lipinski definition) is 8. The average Bonchev–Trinajstić information content (AvgIpc) is 3.46. The number of halogens is 3. The number of piperidine rings is 1. The lowest BCUT2D eigenvalue weighted by atomic mass is 10.1. The van der Waals surface area contributed by atoms with E-state index in [4.69, 9.17) is 9.97 Å². The molecule has 1 aliphatic heterocycles. The quantitative estimate of drug-likeness (QED) is 0.164. The van der Waals surface area contributed by atoms with Crippen molar-refractivity contribution in [2.45, 2.75) is 30.1 Å². The molecule has 44 heavy (non-hydrogen) atoms. The van der Waals surface area contributed by atoms with Crippen LogP contribution in [0.1, 0.15) is 30.2 Å². The highest BCUT2D eigenvalue weighted by molar-refractivity contribution is 7.92. The summed E-state index contributed by atoms with van der Waals surface area (Å²) in [6.45, 7) is 11.4. The third kappa shape index (κ3) is 7.17. The predicted molar refractivity (Wildman–Crippen MR) is 168 cm³/mol. The molecule has 0 spiro atoms. The number of nitrogens with zero attached hydrogens (tertiary/aromatic N) is 4. The second-order valence-electron chi connectivity index (χ2n) is 10.2. The molecule has 3 heterocycles. The molecule has 5 rings (SSSR count). The number of anilines is 2. The van der Waals surface area contributed by atoms with Gasteiger partial charge in [0.1, 0.15) is 27.4 Å². The Hall–Kier alpha value is -4.07. The number of hydrogen-bond donors (Lipinski definition) is 2. The molecule has 0 aliphatic carbocycles. The molecule has 1 fully saturated rings. The first-order chi connectivity index (χ1) is 21.2. The van der Waals surface area contributed by atoms with Gasteiger partial charge in [0.2, 0.25) is 5.95 Å². The van der Waals surface area contributed by atoms with Crippen LogP contribution in [0.5, 0.6) is 0 Å². The summed E-state index contributed by atoms with van der Waals surface area (Å²) in [5.74, 6) is -2.89. The van der Waals surface area contributed by atoms with Crippen molar-refractivity contribution in [3.8, 4) is 21.8 Å². The summed E-state index contributed by atoms with van der Waals surface area (Å²) in [6, 6.07) is 7.52. The predicted octanol–water partition coefficient (Wildman–Crippen LogP) is 6.84. The maximum absolute atomic E-state index is 14.9. The second kappa shape index (κ2) is 13.7. The number of sulfonamides is 1. The van der Waals surface area contributed by atoms with E-state index >= 15 is 0 Å². The van der Waals surface area contributed by atoms with Gasteiger partial charge in [-0.05, 0) is 68.4 Å². The minimum atomic E-state index is -4.67. The van der Waals surface area contributed by atoms with Gasteiger partial charge in [-0.1, -0.05) is 18.6 Å². The molecule has 1 saturated heterocycles. The Labute approximate surface area is 258 Å². The van der Waals surface area contributed by atoms with Crippen LogP contribution < -0.4 is 10.0 Å². The molecule has 13 heteroatoms. The Kier molecular flexibility index (Phi) is 9.77. The number of benzene rings is 2. The summed E-state index contributed by atoms with van der Waals surface area (Å²) < 4.78 is 70.8. The largest absolute Gasteiger partial charge is 0.353 e. The monoisotopic (exact) mass is 640 g/mol. The fourth-order valence-corrected chi connectivity index (χ4v) is 7.16. The van der Waals surface area contributed by atoms with Gasteiger partial charge in [-0.15, -0.1) is 24.5 Å². The summed E-state index contributed by atoms with van der Waals surface area (Å²) >= 11 is 1.34. The van der Waals surface area contributed by atoms with Crippen molar-refractivity contribution < 1.29 is 21.6 Å². The highest BCUT2D eigenvalue weighted by Gasteiger charge is 2.24. The fraction of sp³-hybridized carbons (Fsp3) is 0.258. The smallest absolute Gasteiger partial charge is 0.265 e. The Morgan fingerprint density at radius 2 is 1.73 bits per heavy atom. The molecule has 0 unspecified atom stereocenters. The zero-order valence-electron chi connectivity index (χ0n) is 23.8. The third-order valence-corrected chi connectivity index (χ3v) is 9.71. The molecule has 0 saturated carbocycles. The number of nitrogens with one attached hydrogen (secondary N) is 2. The van der Waals surface area contributed by atoms with E-state index in [1.54, 1.807) is 24.4 Å². The molecule has 0 radical (unpaired) electrons. The number of allylic oxidation sites excluding steroid dienone is 2. The summed E-state index contributed by atoms with van der Waals surface area (Å²) in [5.41, 5.74) is 0.873. The molecule has 1 aliphatic rings. The minimum Gasteiger partial charge on any atom is -0.353 e. The van der Waals surface area contributed by atoms with Gasteiger partial charge < -0.3 is 10.2 Å². The van der Waals surface area contributed by atoms with Crippen molar-refractivity contribution in [3.63, 3.8) is 0 Å². The third-order valence-electron chi connectivity index (χ3n) is 7.15. The number of thiazole rings is 1. The van der Waals surface area contributed by atoms with Crippen molar-refractivity contribution >= 4 is 33.0 Å². The van der Waals surface area contributed by atoms with Crippen molar-refractivity contribution in [1.29, 1.82) is 0 Å². The highest BCUT2D eigenvalue weighted by atomic mass is 32.2. The van der Waals surface area contributed by atoms with Crippen LogP contribution in [0.2, 0.25) is 0 Å². The topological polar surface area (TPSA) is 100 Å². The van der Waals surface area contributed by atoms with E-state index in [2.05, 4.69) is 28.4 Å². The second-order valence-corrected chi connectivity index (χ2v) is 12.9. The van der Waals surface area contributed by atoms with Crippen LogP contribution in [0.4, 0.5) is 24.8 Å². The molecular weight excluding hydrogens is 610 g/mol. The lowest BCUT2D eigenvalue weighted by Crippen LogP contribution is -2.33. The maximum Gasteiger partial charge on any atom is 0.265 e. The van der Waals surface area contributed by atoms with Crippen LogP contribution in [0.3, 0.4) is 0 Å². The van der Waals surface area contributed by atoms with E-state index in [-0.39, 0.29) is 5.92 Å². The first-order valence-electron chi connectivity index (χ1n) is 14.0. The number of aromatic nitrogens is 3. The minimum absolute atomic E-state index is 0.286.